The molecule has 0 amide bonds. The third-order valence-corrected chi connectivity index (χ3v) is 2.78. The quantitative estimate of drug-likeness (QED) is 0.651. The van der Waals surface area contributed by atoms with E-state index < -0.39 is 0 Å². The molecule has 0 spiro atoms. The van der Waals surface area contributed by atoms with Crippen molar-refractivity contribution in [1.29, 1.82) is 0 Å². The van der Waals surface area contributed by atoms with Crippen molar-refractivity contribution < 1.29 is 9.59 Å². The van der Waals surface area contributed by atoms with Crippen LogP contribution in [0.25, 0.3) is 0 Å². The maximum absolute atomic E-state index is 10.8. The van der Waals surface area contributed by atoms with Gasteiger partial charge in [-0.05, 0) is 42.0 Å². The van der Waals surface area contributed by atoms with Gasteiger partial charge in [0.05, 0.1) is 0 Å². The van der Waals surface area contributed by atoms with Crippen molar-refractivity contribution in [3.8, 4) is 0 Å². The Labute approximate surface area is 88.6 Å². The standard InChI is InChI=1S/C9H14Cl2O2/c1-6(7(2)9(11)13)4-3-5-8(10)12/h6-7H,3-5H2,1-2H3. The predicted molar refractivity (Wildman–Crippen MR) is 53.9 cm³/mol. The minimum atomic E-state index is -0.322. The Morgan fingerprint density at radius 3 is 2.15 bits per heavy atom. The van der Waals surface area contributed by atoms with E-state index in [2.05, 4.69) is 0 Å². The topological polar surface area (TPSA) is 34.1 Å². The van der Waals surface area contributed by atoms with Gasteiger partial charge in [0.15, 0.2) is 0 Å². The zero-order chi connectivity index (χ0) is 10.4. The molecule has 2 atom stereocenters. The lowest BCUT2D eigenvalue weighted by Crippen LogP contribution is -2.14. The molecule has 4 heteroatoms. The summed E-state index contributed by atoms with van der Waals surface area (Å²) >= 11 is 10.5. The molecule has 76 valence electrons. The van der Waals surface area contributed by atoms with Gasteiger partial charge < -0.3 is 0 Å². The van der Waals surface area contributed by atoms with Gasteiger partial charge in [0.25, 0.3) is 0 Å². The maximum Gasteiger partial charge on any atom is 0.224 e. The lowest BCUT2D eigenvalue weighted by Gasteiger charge is -2.14. The largest absolute Gasteiger partial charge is 0.281 e. The summed E-state index contributed by atoms with van der Waals surface area (Å²) < 4.78 is 0. The van der Waals surface area contributed by atoms with Gasteiger partial charge >= 0.3 is 0 Å². The fourth-order valence-corrected chi connectivity index (χ4v) is 1.39. The fraction of sp³-hybridized carbons (Fsp3) is 0.778. The van der Waals surface area contributed by atoms with Crippen molar-refractivity contribution in [1.82, 2.24) is 0 Å². The van der Waals surface area contributed by atoms with Gasteiger partial charge in [-0.15, -0.1) is 0 Å². The van der Waals surface area contributed by atoms with E-state index in [9.17, 15) is 9.59 Å². The highest BCUT2D eigenvalue weighted by molar-refractivity contribution is 6.64. The second kappa shape index (κ2) is 6.39. The molecule has 0 aliphatic heterocycles. The molecule has 0 aliphatic carbocycles. The van der Waals surface area contributed by atoms with Crippen molar-refractivity contribution in [2.45, 2.75) is 33.1 Å². The van der Waals surface area contributed by atoms with Gasteiger partial charge in [-0.2, -0.15) is 0 Å². The van der Waals surface area contributed by atoms with Crippen LogP contribution >= 0.6 is 23.2 Å². The lowest BCUT2D eigenvalue weighted by molar-refractivity contribution is -0.116. The molecular formula is C9H14Cl2O2. The SMILES string of the molecule is CC(CCCC(=O)Cl)C(C)C(=O)Cl. The monoisotopic (exact) mass is 224 g/mol. The first-order valence-corrected chi connectivity index (χ1v) is 5.08. The number of carbonyl (C=O) groups is 2. The minimum absolute atomic E-state index is 0.146. The maximum atomic E-state index is 10.8. The molecular weight excluding hydrogens is 211 g/mol. The van der Waals surface area contributed by atoms with E-state index in [0.29, 0.717) is 6.42 Å². The number of halogens is 2. The highest BCUT2D eigenvalue weighted by Gasteiger charge is 2.17. The molecule has 0 saturated heterocycles. The molecule has 0 aromatic rings. The average Bonchev–Trinajstić information content (AvgIpc) is 2.02. The highest BCUT2D eigenvalue weighted by Crippen LogP contribution is 2.20. The van der Waals surface area contributed by atoms with E-state index >= 15 is 0 Å². The van der Waals surface area contributed by atoms with Crippen molar-refractivity contribution in [2.24, 2.45) is 11.8 Å². The predicted octanol–water partition coefficient (Wildman–Crippen LogP) is 2.96. The third kappa shape index (κ3) is 6.05. The van der Waals surface area contributed by atoms with Crippen LogP contribution in [-0.2, 0) is 9.59 Å². The van der Waals surface area contributed by atoms with Gasteiger partial charge in [0, 0.05) is 12.3 Å². The number of carbonyl (C=O) groups excluding carboxylic acids is 2. The molecule has 0 rings (SSSR count). The minimum Gasteiger partial charge on any atom is -0.281 e. The molecule has 2 nitrogen and oxygen atoms in total. The van der Waals surface area contributed by atoms with Gasteiger partial charge in [-0.3, -0.25) is 9.59 Å². The summed E-state index contributed by atoms with van der Waals surface area (Å²) in [5.41, 5.74) is 0. The first kappa shape index (κ1) is 12.9. The molecule has 0 N–H and O–H groups in total. The molecule has 0 fully saturated rings. The smallest absolute Gasteiger partial charge is 0.224 e. The van der Waals surface area contributed by atoms with E-state index in [1.54, 1.807) is 6.92 Å². The third-order valence-electron chi connectivity index (χ3n) is 2.24. The van der Waals surface area contributed by atoms with Crippen molar-refractivity contribution in [3.05, 3.63) is 0 Å². The Hall–Kier alpha value is -0.0800. The number of rotatable bonds is 6. The van der Waals surface area contributed by atoms with Crippen LogP contribution in [0.15, 0.2) is 0 Å². The molecule has 0 saturated carbocycles. The van der Waals surface area contributed by atoms with Crippen LogP contribution in [-0.4, -0.2) is 10.5 Å². The molecule has 0 radical (unpaired) electrons. The zero-order valence-electron chi connectivity index (χ0n) is 7.85. The average molecular weight is 225 g/mol. The summed E-state index contributed by atoms with van der Waals surface area (Å²) in [6.45, 7) is 3.74. The molecule has 0 aromatic heterocycles. The van der Waals surface area contributed by atoms with Crippen molar-refractivity contribution in [2.75, 3.05) is 0 Å². The molecule has 0 aliphatic rings. The molecule has 2 unspecified atom stereocenters. The first-order chi connectivity index (χ1) is 5.95. The lowest BCUT2D eigenvalue weighted by atomic mass is 9.92. The van der Waals surface area contributed by atoms with Crippen LogP contribution in [0.2, 0.25) is 0 Å². The molecule has 13 heavy (non-hydrogen) atoms. The second-order valence-corrected chi connectivity index (χ2v) is 4.11. The van der Waals surface area contributed by atoms with E-state index in [0.717, 1.165) is 12.8 Å². The Morgan fingerprint density at radius 2 is 1.77 bits per heavy atom. The first-order valence-electron chi connectivity index (χ1n) is 4.32. The summed E-state index contributed by atoms with van der Waals surface area (Å²) in [6.07, 6.45) is 1.89. The van der Waals surface area contributed by atoms with Crippen LogP contribution in [0.4, 0.5) is 0 Å². The van der Waals surface area contributed by atoms with Gasteiger partial charge in [-0.25, -0.2) is 0 Å². The zero-order valence-corrected chi connectivity index (χ0v) is 9.36. The van der Waals surface area contributed by atoms with E-state index in [1.807, 2.05) is 6.92 Å². The summed E-state index contributed by atoms with van der Waals surface area (Å²) in [5.74, 6) is 0.0631. The fourth-order valence-electron chi connectivity index (χ4n) is 1.04. The van der Waals surface area contributed by atoms with Crippen LogP contribution in [0.1, 0.15) is 33.1 Å². The van der Waals surface area contributed by atoms with Crippen molar-refractivity contribution >= 4 is 33.7 Å². The van der Waals surface area contributed by atoms with E-state index in [1.165, 1.54) is 0 Å². The Kier molecular flexibility index (Phi) is 6.35. The van der Waals surface area contributed by atoms with Gasteiger partial charge in [0.2, 0.25) is 10.5 Å². The number of hydrogen-bond acceptors (Lipinski definition) is 2. The summed E-state index contributed by atoms with van der Waals surface area (Å²) in [7, 11) is 0. The summed E-state index contributed by atoms with van der Waals surface area (Å²) in [5, 5.41) is -0.637. The van der Waals surface area contributed by atoms with Gasteiger partial charge in [-0.1, -0.05) is 13.8 Å². The molecule has 0 bridgehead atoms. The second-order valence-electron chi connectivity index (χ2n) is 3.32. The normalized spacial score (nSPS) is 15.1. The summed E-state index contributed by atoms with van der Waals surface area (Å²) in [4.78, 5) is 21.2. The van der Waals surface area contributed by atoms with Gasteiger partial charge in [0.1, 0.15) is 0 Å². The van der Waals surface area contributed by atoms with Crippen LogP contribution < -0.4 is 0 Å². The summed E-state index contributed by atoms with van der Waals surface area (Å²) in [6, 6.07) is 0. The number of hydrogen-bond donors (Lipinski definition) is 0. The van der Waals surface area contributed by atoms with E-state index in [4.69, 9.17) is 23.2 Å². The van der Waals surface area contributed by atoms with Crippen LogP contribution in [0.3, 0.4) is 0 Å². The Morgan fingerprint density at radius 1 is 1.23 bits per heavy atom. The van der Waals surface area contributed by atoms with E-state index in [-0.39, 0.29) is 22.3 Å². The highest BCUT2D eigenvalue weighted by atomic mass is 35.5. The van der Waals surface area contributed by atoms with Crippen molar-refractivity contribution in [3.63, 3.8) is 0 Å². The Bertz CT molecular complexity index is 192. The molecule has 0 heterocycles. The van der Waals surface area contributed by atoms with Crippen LogP contribution in [0, 0.1) is 11.8 Å². The van der Waals surface area contributed by atoms with Crippen LogP contribution in [0.5, 0.6) is 0 Å². The molecule has 0 aromatic carbocycles. The Balaban J connectivity index is 3.67.